The van der Waals surface area contributed by atoms with Crippen molar-refractivity contribution < 1.29 is 9.84 Å². The summed E-state index contributed by atoms with van der Waals surface area (Å²) in [4.78, 5) is 0. The molecule has 0 radical (unpaired) electrons. The molecule has 2 rings (SSSR count). The quantitative estimate of drug-likeness (QED) is 0.750. The van der Waals surface area contributed by atoms with Gasteiger partial charge < -0.3 is 15.6 Å². The number of ether oxygens (including phenoxy) is 1. The molecule has 0 spiro atoms. The van der Waals surface area contributed by atoms with Crippen LogP contribution in [0, 0.1) is 0 Å². The molecule has 0 saturated heterocycles. The summed E-state index contributed by atoms with van der Waals surface area (Å²) in [7, 11) is 0. The summed E-state index contributed by atoms with van der Waals surface area (Å²) in [5, 5.41) is 9.59. The van der Waals surface area contributed by atoms with Crippen LogP contribution in [0.4, 0.5) is 0 Å². The summed E-state index contributed by atoms with van der Waals surface area (Å²) in [5.74, 6) is 1.33. The molecule has 14 heavy (non-hydrogen) atoms. The SMILES string of the molecule is NCCC1CCOc2c(O)cccc21. The first kappa shape index (κ1) is 9.34. The van der Waals surface area contributed by atoms with Gasteiger partial charge in [0.15, 0.2) is 11.5 Å². The molecular formula is C11H15NO2. The highest BCUT2D eigenvalue weighted by Crippen LogP contribution is 2.40. The molecule has 0 aliphatic carbocycles. The van der Waals surface area contributed by atoms with E-state index in [1.54, 1.807) is 6.07 Å². The molecule has 0 bridgehead atoms. The van der Waals surface area contributed by atoms with Crippen molar-refractivity contribution in [1.29, 1.82) is 0 Å². The molecule has 1 aromatic carbocycles. The van der Waals surface area contributed by atoms with Gasteiger partial charge in [-0.15, -0.1) is 0 Å². The Bertz CT molecular complexity index is 325. The largest absolute Gasteiger partial charge is 0.504 e. The van der Waals surface area contributed by atoms with Gasteiger partial charge >= 0.3 is 0 Å². The molecule has 1 heterocycles. The molecule has 0 saturated carbocycles. The first-order valence-corrected chi connectivity index (χ1v) is 4.97. The number of hydrogen-bond donors (Lipinski definition) is 2. The van der Waals surface area contributed by atoms with Crippen molar-refractivity contribution >= 4 is 0 Å². The maximum Gasteiger partial charge on any atom is 0.164 e. The average molecular weight is 193 g/mol. The van der Waals surface area contributed by atoms with Gasteiger partial charge in [-0.25, -0.2) is 0 Å². The normalized spacial score (nSPS) is 19.9. The average Bonchev–Trinajstić information content (AvgIpc) is 2.20. The third-order valence-electron chi connectivity index (χ3n) is 2.69. The van der Waals surface area contributed by atoms with Gasteiger partial charge in [-0.1, -0.05) is 12.1 Å². The highest BCUT2D eigenvalue weighted by Gasteiger charge is 2.22. The minimum Gasteiger partial charge on any atom is -0.504 e. The Morgan fingerprint density at radius 2 is 2.36 bits per heavy atom. The van der Waals surface area contributed by atoms with Gasteiger partial charge in [0.25, 0.3) is 0 Å². The van der Waals surface area contributed by atoms with E-state index in [4.69, 9.17) is 10.5 Å². The zero-order valence-electron chi connectivity index (χ0n) is 8.07. The smallest absolute Gasteiger partial charge is 0.164 e. The number of hydrogen-bond acceptors (Lipinski definition) is 3. The lowest BCUT2D eigenvalue weighted by atomic mass is 9.90. The summed E-state index contributed by atoms with van der Waals surface area (Å²) < 4.78 is 5.44. The molecule has 3 nitrogen and oxygen atoms in total. The summed E-state index contributed by atoms with van der Waals surface area (Å²) in [5.41, 5.74) is 6.65. The lowest BCUT2D eigenvalue weighted by molar-refractivity contribution is 0.251. The monoisotopic (exact) mass is 193 g/mol. The van der Waals surface area contributed by atoms with E-state index in [-0.39, 0.29) is 5.75 Å². The maximum absolute atomic E-state index is 9.59. The summed E-state index contributed by atoms with van der Waals surface area (Å²) in [6.45, 7) is 1.36. The summed E-state index contributed by atoms with van der Waals surface area (Å²) in [6, 6.07) is 5.52. The molecule has 1 unspecified atom stereocenters. The van der Waals surface area contributed by atoms with E-state index in [1.807, 2.05) is 12.1 Å². The van der Waals surface area contributed by atoms with Crippen LogP contribution in [-0.2, 0) is 0 Å². The Morgan fingerprint density at radius 1 is 1.50 bits per heavy atom. The molecule has 0 fully saturated rings. The van der Waals surface area contributed by atoms with E-state index in [0.717, 1.165) is 18.4 Å². The van der Waals surface area contributed by atoms with Crippen molar-refractivity contribution in [1.82, 2.24) is 0 Å². The number of benzene rings is 1. The number of aromatic hydroxyl groups is 1. The molecule has 0 amide bonds. The lowest BCUT2D eigenvalue weighted by Crippen LogP contribution is -2.17. The van der Waals surface area contributed by atoms with Gasteiger partial charge in [0.2, 0.25) is 0 Å². The van der Waals surface area contributed by atoms with Crippen molar-refractivity contribution in [2.75, 3.05) is 13.2 Å². The molecule has 3 heteroatoms. The van der Waals surface area contributed by atoms with Crippen LogP contribution in [-0.4, -0.2) is 18.3 Å². The Kier molecular flexibility index (Phi) is 2.59. The predicted molar refractivity (Wildman–Crippen MR) is 54.6 cm³/mol. The molecule has 0 aromatic heterocycles. The minimum absolute atomic E-state index is 0.240. The molecular weight excluding hydrogens is 178 g/mol. The molecule has 1 aliphatic rings. The highest BCUT2D eigenvalue weighted by molar-refractivity contribution is 5.48. The van der Waals surface area contributed by atoms with Gasteiger partial charge in [-0.2, -0.15) is 0 Å². The Morgan fingerprint density at radius 3 is 3.14 bits per heavy atom. The fourth-order valence-corrected chi connectivity index (χ4v) is 1.98. The molecule has 3 N–H and O–H groups in total. The lowest BCUT2D eigenvalue weighted by Gasteiger charge is -2.25. The van der Waals surface area contributed by atoms with Crippen LogP contribution < -0.4 is 10.5 Å². The third kappa shape index (κ3) is 1.55. The van der Waals surface area contributed by atoms with Crippen LogP contribution in [0.25, 0.3) is 0 Å². The van der Waals surface area contributed by atoms with Gasteiger partial charge in [-0.3, -0.25) is 0 Å². The number of para-hydroxylation sites is 1. The fourth-order valence-electron chi connectivity index (χ4n) is 1.98. The van der Waals surface area contributed by atoms with E-state index in [2.05, 4.69) is 0 Å². The number of fused-ring (bicyclic) bond motifs is 1. The number of nitrogens with two attached hydrogens (primary N) is 1. The standard InChI is InChI=1S/C11H15NO2/c12-6-4-8-5-7-14-11-9(8)2-1-3-10(11)13/h1-3,8,13H,4-7,12H2. The van der Waals surface area contributed by atoms with Crippen molar-refractivity contribution in [2.45, 2.75) is 18.8 Å². The van der Waals surface area contributed by atoms with Gasteiger partial charge in [0.1, 0.15) is 0 Å². The second kappa shape index (κ2) is 3.88. The van der Waals surface area contributed by atoms with E-state index >= 15 is 0 Å². The first-order valence-electron chi connectivity index (χ1n) is 4.97. The predicted octanol–water partition coefficient (Wildman–Crippen LogP) is 1.61. The van der Waals surface area contributed by atoms with Gasteiger partial charge in [0.05, 0.1) is 6.61 Å². The van der Waals surface area contributed by atoms with E-state index in [9.17, 15) is 5.11 Å². The Labute approximate surface area is 83.5 Å². The number of phenols is 1. The van der Waals surface area contributed by atoms with Gasteiger partial charge in [-0.05, 0) is 31.4 Å². The van der Waals surface area contributed by atoms with Crippen LogP contribution in [0.3, 0.4) is 0 Å². The molecule has 1 aromatic rings. The van der Waals surface area contributed by atoms with E-state index < -0.39 is 0 Å². The van der Waals surface area contributed by atoms with E-state index in [1.165, 1.54) is 0 Å². The van der Waals surface area contributed by atoms with Crippen LogP contribution in [0.1, 0.15) is 24.3 Å². The number of phenolic OH excluding ortho intramolecular Hbond substituents is 1. The zero-order chi connectivity index (χ0) is 9.97. The minimum atomic E-state index is 0.240. The molecule has 1 atom stereocenters. The molecule has 76 valence electrons. The molecule has 1 aliphatic heterocycles. The van der Waals surface area contributed by atoms with Crippen molar-refractivity contribution in [2.24, 2.45) is 5.73 Å². The topological polar surface area (TPSA) is 55.5 Å². The first-order chi connectivity index (χ1) is 6.83. The van der Waals surface area contributed by atoms with Crippen LogP contribution >= 0.6 is 0 Å². The van der Waals surface area contributed by atoms with Crippen molar-refractivity contribution in [3.8, 4) is 11.5 Å². The van der Waals surface area contributed by atoms with Crippen molar-refractivity contribution in [3.63, 3.8) is 0 Å². The highest BCUT2D eigenvalue weighted by atomic mass is 16.5. The fraction of sp³-hybridized carbons (Fsp3) is 0.455. The Balaban J connectivity index is 2.34. The van der Waals surface area contributed by atoms with Crippen molar-refractivity contribution in [3.05, 3.63) is 23.8 Å². The summed E-state index contributed by atoms with van der Waals surface area (Å²) in [6.07, 6.45) is 1.95. The third-order valence-corrected chi connectivity index (χ3v) is 2.69. The second-order valence-electron chi connectivity index (χ2n) is 3.61. The van der Waals surface area contributed by atoms with Crippen LogP contribution in [0.5, 0.6) is 11.5 Å². The Hall–Kier alpha value is -1.22. The van der Waals surface area contributed by atoms with Crippen LogP contribution in [0.2, 0.25) is 0 Å². The summed E-state index contributed by atoms with van der Waals surface area (Å²) >= 11 is 0. The number of rotatable bonds is 2. The van der Waals surface area contributed by atoms with E-state index in [0.29, 0.717) is 24.8 Å². The maximum atomic E-state index is 9.59. The zero-order valence-corrected chi connectivity index (χ0v) is 8.07. The van der Waals surface area contributed by atoms with Crippen LogP contribution in [0.15, 0.2) is 18.2 Å². The second-order valence-corrected chi connectivity index (χ2v) is 3.61. The van der Waals surface area contributed by atoms with Gasteiger partial charge in [0, 0.05) is 5.56 Å².